The molecule has 82 valence electrons. The van der Waals surface area contributed by atoms with Crippen LogP contribution >= 0.6 is 0 Å². The highest BCUT2D eigenvalue weighted by molar-refractivity contribution is 5.32. The molecule has 0 fully saturated rings. The Kier molecular flexibility index (Phi) is 3.57. The van der Waals surface area contributed by atoms with Crippen LogP contribution in [0.25, 0.3) is 0 Å². The Morgan fingerprint density at radius 2 is 1.50 bits per heavy atom. The molecule has 0 saturated heterocycles. The monoisotopic (exact) mass is 214 g/mol. The molecule has 2 aromatic carbocycles. The van der Waals surface area contributed by atoms with Crippen molar-refractivity contribution in [3.05, 3.63) is 60.2 Å². The second kappa shape index (κ2) is 5.33. The van der Waals surface area contributed by atoms with Gasteiger partial charge in [0.25, 0.3) is 0 Å². The second-order valence-electron chi connectivity index (χ2n) is 3.67. The third-order valence-electron chi connectivity index (χ3n) is 2.34. The fraction of sp³-hybridized carbons (Fsp3) is 0.143. The highest BCUT2D eigenvalue weighted by atomic mass is 16.5. The van der Waals surface area contributed by atoms with Crippen LogP contribution < -0.4 is 10.1 Å². The van der Waals surface area contributed by atoms with E-state index in [2.05, 4.69) is 24.5 Å². The zero-order valence-electron chi connectivity index (χ0n) is 9.39. The maximum Gasteiger partial charge on any atom is 0.127 e. The van der Waals surface area contributed by atoms with Crippen LogP contribution in [0.3, 0.4) is 0 Å². The van der Waals surface area contributed by atoms with Crippen molar-refractivity contribution >= 4 is 0 Å². The van der Waals surface area contributed by atoms with Crippen LogP contribution in [0.5, 0.6) is 11.5 Å². The van der Waals surface area contributed by atoms with Gasteiger partial charge in [-0.3, -0.25) is 0 Å². The summed E-state index contributed by atoms with van der Waals surface area (Å²) in [7, 11) is 2.06. The molecule has 2 rings (SSSR count). The smallest absolute Gasteiger partial charge is 0.127 e. The van der Waals surface area contributed by atoms with E-state index in [4.69, 9.17) is 4.74 Å². The van der Waals surface area contributed by atoms with Crippen molar-refractivity contribution in [2.75, 3.05) is 7.05 Å². The molecular formula is C14H16NO+. The summed E-state index contributed by atoms with van der Waals surface area (Å²) in [4.78, 5) is 0. The van der Waals surface area contributed by atoms with Crippen molar-refractivity contribution in [2.45, 2.75) is 6.54 Å². The van der Waals surface area contributed by atoms with Crippen LogP contribution in [-0.4, -0.2) is 7.05 Å². The number of rotatable bonds is 4. The van der Waals surface area contributed by atoms with Crippen LogP contribution in [-0.2, 0) is 6.54 Å². The van der Waals surface area contributed by atoms with Gasteiger partial charge < -0.3 is 10.1 Å². The summed E-state index contributed by atoms with van der Waals surface area (Å²) in [5.74, 6) is 1.75. The van der Waals surface area contributed by atoms with E-state index in [9.17, 15) is 0 Å². The fourth-order valence-corrected chi connectivity index (χ4v) is 1.55. The van der Waals surface area contributed by atoms with E-state index in [1.165, 1.54) is 5.56 Å². The Morgan fingerprint density at radius 1 is 0.875 bits per heavy atom. The van der Waals surface area contributed by atoms with Crippen molar-refractivity contribution in [2.24, 2.45) is 0 Å². The van der Waals surface area contributed by atoms with Gasteiger partial charge in [0.2, 0.25) is 0 Å². The topological polar surface area (TPSA) is 25.8 Å². The van der Waals surface area contributed by atoms with Crippen LogP contribution in [0.1, 0.15) is 5.56 Å². The van der Waals surface area contributed by atoms with E-state index in [0.29, 0.717) is 0 Å². The lowest BCUT2D eigenvalue weighted by molar-refractivity contribution is -0.643. The summed E-state index contributed by atoms with van der Waals surface area (Å²) < 4.78 is 5.70. The lowest BCUT2D eigenvalue weighted by Gasteiger charge is -2.05. The zero-order valence-corrected chi connectivity index (χ0v) is 9.39. The SMILES string of the molecule is C[NH2+]Cc1ccc(Oc2ccccc2)cc1. The largest absolute Gasteiger partial charge is 0.457 e. The van der Waals surface area contributed by atoms with E-state index in [-0.39, 0.29) is 0 Å². The van der Waals surface area contributed by atoms with Crippen molar-refractivity contribution in [1.82, 2.24) is 0 Å². The summed E-state index contributed by atoms with van der Waals surface area (Å²) in [6.07, 6.45) is 0. The summed E-state index contributed by atoms with van der Waals surface area (Å²) in [5, 5.41) is 2.15. The van der Waals surface area contributed by atoms with Crippen LogP contribution in [0.2, 0.25) is 0 Å². The van der Waals surface area contributed by atoms with Gasteiger partial charge in [0.15, 0.2) is 0 Å². The highest BCUT2D eigenvalue weighted by Gasteiger charge is 1.97. The Bertz CT molecular complexity index is 422. The van der Waals surface area contributed by atoms with Crippen molar-refractivity contribution < 1.29 is 10.1 Å². The van der Waals surface area contributed by atoms with E-state index in [0.717, 1.165) is 18.0 Å². The normalized spacial score (nSPS) is 10.1. The van der Waals surface area contributed by atoms with Gasteiger partial charge in [-0.25, -0.2) is 0 Å². The average molecular weight is 214 g/mol. The molecule has 2 nitrogen and oxygen atoms in total. The second-order valence-corrected chi connectivity index (χ2v) is 3.67. The van der Waals surface area contributed by atoms with Crippen LogP contribution in [0.15, 0.2) is 54.6 Å². The molecule has 0 aliphatic carbocycles. The maximum atomic E-state index is 5.70. The standard InChI is InChI=1S/C14H15NO/c1-15-11-12-7-9-14(10-8-12)16-13-5-3-2-4-6-13/h2-10,15H,11H2,1H3/p+1. The average Bonchev–Trinajstić information content (AvgIpc) is 2.33. The first-order chi connectivity index (χ1) is 7.88. The molecule has 0 amide bonds. The lowest BCUT2D eigenvalue weighted by Crippen LogP contribution is -2.77. The predicted molar refractivity (Wildman–Crippen MR) is 64.5 cm³/mol. The molecule has 0 heterocycles. The summed E-state index contributed by atoms with van der Waals surface area (Å²) in [6, 6.07) is 18.0. The Labute approximate surface area is 95.9 Å². The van der Waals surface area contributed by atoms with Gasteiger partial charge in [-0.05, 0) is 36.4 Å². The summed E-state index contributed by atoms with van der Waals surface area (Å²) >= 11 is 0. The molecule has 0 aliphatic heterocycles. The first kappa shape index (κ1) is 10.7. The van der Waals surface area contributed by atoms with Crippen molar-refractivity contribution in [3.63, 3.8) is 0 Å². The molecule has 0 saturated carbocycles. The van der Waals surface area contributed by atoms with E-state index >= 15 is 0 Å². The molecule has 2 N–H and O–H groups in total. The third kappa shape index (κ3) is 2.84. The predicted octanol–water partition coefficient (Wildman–Crippen LogP) is 2.17. The number of ether oxygens (including phenoxy) is 1. The minimum Gasteiger partial charge on any atom is -0.457 e. The summed E-state index contributed by atoms with van der Waals surface area (Å²) in [6.45, 7) is 1.01. The Morgan fingerprint density at radius 3 is 2.12 bits per heavy atom. The molecule has 2 aromatic rings. The Balaban J connectivity index is 2.05. The minimum absolute atomic E-state index is 0.873. The van der Waals surface area contributed by atoms with Gasteiger partial charge in [-0.2, -0.15) is 0 Å². The minimum atomic E-state index is 0.873. The van der Waals surface area contributed by atoms with Crippen molar-refractivity contribution in [1.29, 1.82) is 0 Å². The molecule has 16 heavy (non-hydrogen) atoms. The first-order valence-corrected chi connectivity index (χ1v) is 5.48. The van der Waals surface area contributed by atoms with Gasteiger partial charge in [-0.1, -0.05) is 18.2 Å². The number of nitrogens with two attached hydrogens (primary N) is 1. The quantitative estimate of drug-likeness (QED) is 0.829. The highest BCUT2D eigenvalue weighted by Crippen LogP contribution is 2.20. The number of benzene rings is 2. The van der Waals surface area contributed by atoms with E-state index in [1.54, 1.807) is 0 Å². The Hall–Kier alpha value is -1.80. The van der Waals surface area contributed by atoms with Gasteiger partial charge in [0.1, 0.15) is 18.0 Å². The molecule has 0 bridgehead atoms. The first-order valence-electron chi connectivity index (χ1n) is 5.48. The molecule has 0 unspecified atom stereocenters. The molecule has 0 aromatic heterocycles. The molecule has 0 aliphatic rings. The van der Waals surface area contributed by atoms with Gasteiger partial charge in [0, 0.05) is 5.56 Å². The van der Waals surface area contributed by atoms with Gasteiger partial charge in [0.05, 0.1) is 7.05 Å². The molecule has 0 radical (unpaired) electrons. The summed E-state index contributed by atoms with van der Waals surface area (Å²) in [5.41, 5.74) is 1.31. The molecule has 2 heteroatoms. The zero-order chi connectivity index (χ0) is 11.2. The number of para-hydroxylation sites is 1. The maximum absolute atomic E-state index is 5.70. The lowest BCUT2D eigenvalue weighted by atomic mass is 10.2. The number of quaternary nitrogens is 1. The molecule has 0 atom stereocenters. The molecular weight excluding hydrogens is 198 g/mol. The van der Waals surface area contributed by atoms with E-state index < -0.39 is 0 Å². The van der Waals surface area contributed by atoms with Gasteiger partial charge in [-0.15, -0.1) is 0 Å². The van der Waals surface area contributed by atoms with Crippen molar-refractivity contribution in [3.8, 4) is 11.5 Å². The van der Waals surface area contributed by atoms with Crippen LogP contribution in [0.4, 0.5) is 0 Å². The van der Waals surface area contributed by atoms with Crippen LogP contribution in [0, 0.1) is 0 Å². The third-order valence-corrected chi connectivity index (χ3v) is 2.34. The fourth-order valence-electron chi connectivity index (χ4n) is 1.55. The number of hydrogen-bond acceptors (Lipinski definition) is 1. The van der Waals surface area contributed by atoms with E-state index in [1.807, 2.05) is 42.5 Å². The van der Waals surface area contributed by atoms with Gasteiger partial charge >= 0.3 is 0 Å². The molecule has 0 spiro atoms. The number of hydrogen-bond donors (Lipinski definition) is 1.